The highest BCUT2D eigenvalue weighted by atomic mass is 127. The molecule has 0 saturated heterocycles. The van der Waals surface area contributed by atoms with Gasteiger partial charge in [-0.25, -0.2) is 18.1 Å². The molecule has 4 N–H and O–H groups in total. The number of sulfonamides is 1. The zero-order valence-corrected chi connectivity index (χ0v) is 17.7. The molecule has 2 rings (SSSR count). The molecule has 0 atom stereocenters. The molecule has 0 saturated carbocycles. The number of rotatable bonds is 7. The molecule has 142 valence electrons. The predicted octanol–water partition coefficient (Wildman–Crippen LogP) is 2.54. The quantitative estimate of drug-likeness (QED) is 0.314. The molecular weight excluding hydrogens is 467 g/mol. The summed E-state index contributed by atoms with van der Waals surface area (Å²) in [4.78, 5) is 4.48. The molecule has 0 aliphatic rings. The average molecular weight is 490 g/mol. The Labute approximate surface area is 171 Å². The summed E-state index contributed by atoms with van der Waals surface area (Å²) >= 11 is 0. The van der Waals surface area contributed by atoms with E-state index in [0.29, 0.717) is 13.1 Å². The van der Waals surface area contributed by atoms with Gasteiger partial charge >= 0.3 is 0 Å². The van der Waals surface area contributed by atoms with Gasteiger partial charge < -0.3 is 15.8 Å². The summed E-state index contributed by atoms with van der Waals surface area (Å²) in [5.41, 5.74) is 7.52. The van der Waals surface area contributed by atoms with Gasteiger partial charge in [0.2, 0.25) is 10.0 Å². The van der Waals surface area contributed by atoms with Gasteiger partial charge in [0, 0.05) is 12.2 Å². The number of halogens is 1. The minimum atomic E-state index is -3.44. The van der Waals surface area contributed by atoms with Gasteiger partial charge in [0.05, 0.1) is 18.6 Å². The van der Waals surface area contributed by atoms with E-state index in [0.717, 1.165) is 17.0 Å². The van der Waals surface area contributed by atoms with Crippen molar-refractivity contribution in [2.24, 2.45) is 10.7 Å². The second-order valence-electron chi connectivity index (χ2n) is 5.20. The van der Waals surface area contributed by atoms with E-state index in [1.807, 2.05) is 24.3 Å². The summed E-state index contributed by atoms with van der Waals surface area (Å²) in [6.45, 7) is 2.43. The summed E-state index contributed by atoms with van der Waals surface area (Å²) in [7, 11) is -1.83. The number of hydrogen-bond acceptors (Lipinski definition) is 4. The van der Waals surface area contributed by atoms with Crippen molar-refractivity contribution in [1.29, 1.82) is 0 Å². The highest BCUT2D eigenvalue weighted by molar-refractivity contribution is 14.0. The molecular formula is C17H23IN4O3S. The van der Waals surface area contributed by atoms with Gasteiger partial charge in [-0.05, 0) is 42.0 Å². The zero-order chi connectivity index (χ0) is 18.3. The molecule has 0 aromatic heterocycles. The maximum atomic E-state index is 11.9. The van der Waals surface area contributed by atoms with Crippen molar-refractivity contribution in [3.05, 3.63) is 54.1 Å². The molecule has 0 amide bonds. The summed E-state index contributed by atoms with van der Waals surface area (Å²) in [5.74, 6) is 1.03. The lowest BCUT2D eigenvalue weighted by Gasteiger charge is -2.07. The van der Waals surface area contributed by atoms with Crippen LogP contribution < -0.4 is 20.5 Å². The van der Waals surface area contributed by atoms with Crippen molar-refractivity contribution in [3.8, 4) is 5.75 Å². The van der Waals surface area contributed by atoms with Crippen LogP contribution in [0.4, 0.5) is 5.69 Å². The van der Waals surface area contributed by atoms with Gasteiger partial charge in [-0.15, -0.1) is 24.0 Å². The molecule has 0 bridgehead atoms. The van der Waals surface area contributed by atoms with Crippen LogP contribution in [-0.4, -0.2) is 28.0 Å². The molecule has 0 aliphatic heterocycles. The van der Waals surface area contributed by atoms with E-state index in [-0.39, 0.29) is 34.8 Å². The third-order valence-electron chi connectivity index (χ3n) is 3.36. The number of nitrogens with two attached hydrogens (primary N) is 1. The van der Waals surface area contributed by atoms with Crippen LogP contribution in [0.25, 0.3) is 0 Å². The highest BCUT2D eigenvalue weighted by Crippen LogP contribution is 2.15. The van der Waals surface area contributed by atoms with E-state index in [1.165, 1.54) is 0 Å². The molecule has 7 nitrogen and oxygen atoms in total. The van der Waals surface area contributed by atoms with Crippen LogP contribution in [0.2, 0.25) is 0 Å². The Balaban J connectivity index is 0.00000338. The Bertz CT molecular complexity index is 822. The van der Waals surface area contributed by atoms with E-state index in [2.05, 4.69) is 15.0 Å². The average Bonchev–Trinajstić information content (AvgIpc) is 2.61. The number of nitrogens with one attached hydrogen (secondary N) is 2. The fraction of sp³-hybridized carbons (Fsp3) is 0.235. The normalized spacial score (nSPS) is 11.5. The van der Waals surface area contributed by atoms with Crippen molar-refractivity contribution < 1.29 is 13.2 Å². The minimum absolute atomic E-state index is 0. The SMILES string of the molecule is CCNS(=O)(=O)c1ccc(CN=C(N)Nc2ccc(OC)cc2)cc1.I. The number of nitrogens with zero attached hydrogens (tertiary/aromatic N) is 1. The van der Waals surface area contributed by atoms with E-state index < -0.39 is 10.0 Å². The Kier molecular flexibility index (Phi) is 8.82. The summed E-state index contributed by atoms with van der Waals surface area (Å²) in [6, 6.07) is 13.8. The first-order valence-electron chi connectivity index (χ1n) is 7.74. The number of aliphatic imine (C=N–C) groups is 1. The zero-order valence-electron chi connectivity index (χ0n) is 14.6. The smallest absolute Gasteiger partial charge is 0.240 e. The molecule has 0 spiro atoms. The van der Waals surface area contributed by atoms with Crippen LogP contribution in [-0.2, 0) is 16.6 Å². The van der Waals surface area contributed by atoms with Crippen LogP contribution >= 0.6 is 24.0 Å². The second kappa shape index (κ2) is 10.3. The van der Waals surface area contributed by atoms with Crippen LogP contribution in [0.15, 0.2) is 58.4 Å². The number of guanidine groups is 1. The fourth-order valence-electron chi connectivity index (χ4n) is 2.09. The first-order valence-corrected chi connectivity index (χ1v) is 9.22. The number of hydrogen-bond donors (Lipinski definition) is 3. The van der Waals surface area contributed by atoms with Gasteiger partial charge in [0.25, 0.3) is 0 Å². The van der Waals surface area contributed by atoms with Crippen molar-refractivity contribution in [2.45, 2.75) is 18.4 Å². The van der Waals surface area contributed by atoms with Gasteiger partial charge in [-0.3, -0.25) is 0 Å². The Morgan fingerprint density at radius 2 is 1.73 bits per heavy atom. The Morgan fingerprint density at radius 3 is 2.27 bits per heavy atom. The number of ether oxygens (including phenoxy) is 1. The molecule has 0 fully saturated rings. The van der Waals surface area contributed by atoms with Gasteiger partial charge in [-0.1, -0.05) is 19.1 Å². The number of benzene rings is 2. The molecule has 0 radical (unpaired) electrons. The van der Waals surface area contributed by atoms with Crippen LogP contribution in [0.5, 0.6) is 5.75 Å². The predicted molar refractivity (Wildman–Crippen MR) is 115 cm³/mol. The third-order valence-corrected chi connectivity index (χ3v) is 4.92. The third kappa shape index (κ3) is 6.46. The molecule has 2 aromatic carbocycles. The number of methoxy groups -OCH3 is 1. The maximum absolute atomic E-state index is 11.9. The molecule has 0 heterocycles. The second-order valence-corrected chi connectivity index (χ2v) is 6.97. The monoisotopic (exact) mass is 490 g/mol. The molecule has 0 unspecified atom stereocenters. The molecule has 2 aromatic rings. The molecule has 9 heteroatoms. The van der Waals surface area contributed by atoms with Crippen LogP contribution in [0.3, 0.4) is 0 Å². The summed E-state index contributed by atoms with van der Waals surface area (Å²) < 4.78 is 31.3. The molecule has 26 heavy (non-hydrogen) atoms. The first-order chi connectivity index (χ1) is 11.9. The lowest BCUT2D eigenvalue weighted by Crippen LogP contribution is -2.23. The number of anilines is 1. The first kappa shape index (κ1) is 22.2. The minimum Gasteiger partial charge on any atom is -0.497 e. The Morgan fingerprint density at radius 1 is 1.12 bits per heavy atom. The fourth-order valence-corrected chi connectivity index (χ4v) is 3.13. The van der Waals surface area contributed by atoms with E-state index >= 15 is 0 Å². The highest BCUT2D eigenvalue weighted by Gasteiger charge is 2.11. The summed E-state index contributed by atoms with van der Waals surface area (Å²) in [5, 5.41) is 2.98. The van der Waals surface area contributed by atoms with Crippen molar-refractivity contribution in [2.75, 3.05) is 19.0 Å². The lowest BCUT2D eigenvalue weighted by atomic mass is 10.2. The largest absolute Gasteiger partial charge is 0.497 e. The van der Waals surface area contributed by atoms with E-state index in [4.69, 9.17) is 10.5 Å². The molecule has 0 aliphatic carbocycles. The summed E-state index contributed by atoms with van der Waals surface area (Å²) in [6.07, 6.45) is 0. The van der Waals surface area contributed by atoms with Crippen LogP contribution in [0, 0.1) is 0 Å². The lowest BCUT2D eigenvalue weighted by molar-refractivity contribution is 0.415. The standard InChI is InChI=1S/C17H22N4O3S.HI/c1-3-20-25(22,23)16-10-4-13(5-11-16)12-19-17(18)21-14-6-8-15(24-2)9-7-14;/h4-11,20H,3,12H2,1-2H3,(H3,18,19,21);1H. The van der Waals surface area contributed by atoms with E-state index in [1.54, 1.807) is 38.3 Å². The van der Waals surface area contributed by atoms with E-state index in [9.17, 15) is 8.42 Å². The van der Waals surface area contributed by atoms with Gasteiger partial charge in [0.1, 0.15) is 5.75 Å². The van der Waals surface area contributed by atoms with Gasteiger partial charge in [0.15, 0.2) is 5.96 Å². The Hall–Kier alpha value is -1.85. The topological polar surface area (TPSA) is 106 Å². The van der Waals surface area contributed by atoms with Crippen LogP contribution in [0.1, 0.15) is 12.5 Å². The van der Waals surface area contributed by atoms with Crippen molar-refractivity contribution in [3.63, 3.8) is 0 Å². The van der Waals surface area contributed by atoms with Gasteiger partial charge in [-0.2, -0.15) is 0 Å². The maximum Gasteiger partial charge on any atom is 0.240 e. The van der Waals surface area contributed by atoms with Crippen molar-refractivity contribution in [1.82, 2.24) is 4.72 Å². The van der Waals surface area contributed by atoms with Crippen molar-refractivity contribution >= 4 is 45.6 Å².